The number of pyridine rings is 1. The number of aromatic nitrogens is 1. The van der Waals surface area contributed by atoms with Crippen LogP contribution in [0, 0.1) is 0 Å². The van der Waals surface area contributed by atoms with Gasteiger partial charge in [-0.2, -0.15) is 0 Å². The summed E-state index contributed by atoms with van der Waals surface area (Å²) in [6.45, 7) is 3.12. The van der Waals surface area contributed by atoms with E-state index in [4.69, 9.17) is 0 Å². The molecular weight excluding hydrogens is 232 g/mol. The van der Waals surface area contributed by atoms with Crippen molar-refractivity contribution < 1.29 is 9.59 Å². The van der Waals surface area contributed by atoms with Gasteiger partial charge in [0.2, 0.25) is 5.91 Å². The van der Waals surface area contributed by atoms with Gasteiger partial charge in [0.05, 0.1) is 0 Å². The fraction of sp³-hybridized carbons (Fsp3) is 0.417. The number of anilines is 2. The molecule has 1 aromatic heterocycles. The maximum absolute atomic E-state index is 11.6. The molecule has 0 aliphatic carbocycles. The van der Waals surface area contributed by atoms with Gasteiger partial charge in [0.1, 0.15) is 5.82 Å². The molecule has 1 aliphatic heterocycles. The largest absolute Gasteiger partial charge is 0.338 e. The van der Waals surface area contributed by atoms with Crippen molar-refractivity contribution in [3.63, 3.8) is 0 Å². The highest BCUT2D eigenvalue weighted by Crippen LogP contribution is 2.22. The van der Waals surface area contributed by atoms with Crippen LogP contribution < -0.4 is 15.5 Å². The molecule has 96 valence electrons. The topological polar surface area (TPSA) is 74.3 Å². The van der Waals surface area contributed by atoms with Crippen LogP contribution in [0.4, 0.5) is 16.3 Å². The first-order valence-corrected chi connectivity index (χ1v) is 6.02. The molecule has 1 aromatic rings. The van der Waals surface area contributed by atoms with Crippen molar-refractivity contribution in [2.75, 3.05) is 23.3 Å². The Morgan fingerprint density at radius 2 is 2.39 bits per heavy atom. The van der Waals surface area contributed by atoms with E-state index in [9.17, 15) is 9.59 Å². The molecule has 0 aromatic carbocycles. The number of rotatable bonds is 3. The molecular formula is C12H16N4O2. The Morgan fingerprint density at radius 3 is 3.06 bits per heavy atom. The molecule has 0 bridgehead atoms. The molecule has 3 amide bonds. The number of nitrogens with one attached hydrogen (secondary N) is 2. The Labute approximate surface area is 105 Å². The predicted octanol–water partition coefficient (Wildman–Crippen LogP) is 1.35. The number of nitrogens with zero attached hydrogens (tertiary/aromatic N) is 2. The van der Waals surface area contributed by atoms with Crippen LogP contribution in [0.1, 0.15) is 19.8 Å². The van der Waals surface area contributed by atoms with E-state index in [1.807, 2.05) is 6.92 Å². The lowest BCUT2D eigenvalue weighted by atomic mass is 10.3. The summed E-state index contributed by atoms with van der Waals surface area (Å²) in [5, 5.41) is 5.24. The molecule has 1 aliphatic rings. The number of carbonyl (C=O) groups is 2. The zero-order chi connectivity index (χ0) is 13.0. The van der Waals surface area contributed by atoms with Crippen LogP contribution in [0.15, 0.2) is 18.3 Å². The summed E-state index contributed by atoms with van der Waals surface area (Å²) in [7, 11) is 0. The highest BCUT2D eigenvalue weighted by Gasteiger charge is 2.21. The fourth-order valence-corrected chi connectivity index (χ4v) is 1.90. The maximum Gasteiger partial charge on any atom is 0.320 e. The van der Waals surface area contributed by atoms with Crippen molar-refractivity contribution in [1.29, 1.82) is 0 Å². The quantitative estimate of drug-likeness (QED) is 0.848. The van der Waals surface area contributed by atoms with Crippen LogP contribution in [0.5, 0.6) is 0 Å². The van der Waals surface area contributed by atoms with Gasteiger partial charge in [-0.1, -0.05) is 0 Å². The van der Waals surface area contributed by atoms with Crippen molar-refractivity contribution >= 4 is 23.4 Å². The van der Waals surface area contributed by atoms with Crippen LogP contribution in [-0.4, -0.2) is 30.0 Å². The minimum Gasteiger partial charge on any atom is -0.338 e. The van der Waals surface area contributed by atoms with Crippen LogP contribution in [0.3, 0.4) is 0 Å². The molecule has 2 N–H and O–H groups in total. The van der Waals surface area contributed by atoms with E-state index in [1.54, 1.807) is 23.2 Å². The van der Waals surface area contributed by atoms with E-state index in [1.165, 1.54) is 0 Å². The zero-order valence-electron chi connectivity index (χ0n) is 10.3. The summed E-state index contributed by atoms with van der Waals surface area (Å²) in [5.74, 6) is 0.559. The molecule has 0 radical (unpaired) electrons. The standard InChI is InChI=1S/C12H16N4O2/c1-2-13-12(18)15-10-8-9(5-6-14-10)16-7-3-4-11(16)17/h5-6,8H,2-4,7H2,1H3,(H2,13,14,15,18). The molecule has 0 atom stereocenters. The van der Waals surface area contributed by atoms with Gasteiger partial charge in [-0.25, -0.2) is 9.78 Å². The average Bonchev–Trinajstić information content (AvgIpc) is 2.76. The van der Waals surface area contributed by atoms with Gasteiger partial charge in [-0.05, 0) is 19.4 Å². The summed E-state index contributed by atoms with van der Waals surface area (Å²) in [6.07, 6.45) is 3.05. The summed E-state index contributed by atoms with van der Waals surface area (Å²) in [5.41, 5.74) is 0.777. The Balaban J connectivity index is 2.10. The Hall–Kier alpha value is -2.11. The molecule has 0 saturated carbocycles. The summed E-state index contributed by atoms with van der Waals surface area (Å²) >= 11 is 0. The lowest BCUT2D eigenvalue weighted by Crippen LogP contribution is -2.29. The number of urea groups is 1. The van der Waals surface area contributed by atoms with Crippen molar-refractivity contribution in [2.24, 2.45) is 0 Å². The van der Waals surface area contributed by atoms with E-state index in [-0.39, 0.29) is 11.9 Å². The van der Waals surface area contributed by atoms with E-state index < -0.39 is 0 Å². The maximum atomic E-state index is 11.6. The second-order valence-electron chi connectivity index (χ2n) is 4.03. The van der Waals surface area contributed by atoms with Crippen molar-refractivity contribution in [2.45, 2.75) is 19.8 Å². The molecule has 18 heavy (non-hydrogen) atoms. The van der Waals surface area contributed by atoms with E-state index in [0.717, 1.165) is 18.7 Å². The molecule has 0 unspecified atom stereocenters. The number of hydrogen-bond donors (Lipinski definition) is 2. The van der Waals surface area contributed by atoms with Crippen molar-refractivity contribution in [3.05, 3.63) is 18.3 Å². The van der Waals surface area contributed by atoms with Crippen molar-refractivity contribution in [1.82, 2.24) is 10.3 Å². The molecule has 6 nitrogen and oxygen atoms in total. The van der Waals surface area contributed by atoms with Gasteiger partial charge >= 0.3 is 6.03 Å². The van der Waals surface area contributed by atoms with Crippen LogP contribution >= 0.6 is 0 Å². The van der Waals surface area contributed by atoms with E-state index in [2.05, 4.69) is 15.6 Å². The summed E-state index contributed by atoms with van der Waals surface area (Å²) in [4.78, 5) is 28.7. The molecule has 2 rings (SSSR count). The van der Waals surface area contributed by atoms with Gasteiger partial charge < -0.3 is 10.2 Å². The lowest BCUT2D eigenvalue weighted by molar-refractivity contribution is -0.117. The summed E-state index contributed by atoms with van der Waals surface area (Å²) in [6, 6.07) is 3.18. The Bertz CT molecular complexity index is 461. The normalized spacial score (nSPS) is 14.7. The van der Waals surface area contributed by atoms with Gasteiger partial charge in [-0.15, -0.1) is 0 Å². The Morgan fingerprint density at radius 1 is 1.56 bits per heavy atom. The smallest absolute Gasteiger partial charge is 0.320 e. The highest BCUT2D eigenvalue weighted by atomic mass is 16.2. The third kappa shape index (κ3) is 2.77. The summed E-state index contributed by atoms with van der Waals surface area (Å²) < 4.78 is 0. The molecule has 1 fully saturated rings. The van der Waals surface area contributed by atoms with Gasteiger partial charge in [-0.3, -0.25) is 10.1 Å². The van der Waals surface area contributed by atoms with E-state index >= 15 is 0 Å². The van der Waals surface area contributed by atoms with Gasteiger partial charge in [0, 0.05) is 37.5 Å². The highest BCUT2D eigenvalue weighted by molar-refractivity contribution is 5.96. The minimum atomic E-state index is -0.296. The van der Waals surface area contributed by atoms with Crippen LogP contribution in [-0.2, 0) is 4.79 Å². The minimum absolute atomic E-state index is 0.116. The Kier molecular flexibility index (Phi) is 3.76. The van der Waals surface area contributed by atoms with E-state index in [0.29, 0.717) is 18.8 Å². The average molecular weight is 248 g/mol. The van der Waals surface area contributed by atoms with Crippen LogP contribution in [0.2, 0.25) is 0 Å². The first kappa shape index (κ1) is 12.3. The van der Waals surface area contributed by atoms with Crippen molar-refractivity contribution in [3.8, 4) is 0 Å². The number of carbonyl (C=O) groups excluding carboxylic acids is 2. The van der Waals surface area contributed by atoms with Gasteiger partial charge in [0.25, 0.3) is 0 Å². The third-order valence-corrected chi connectivity index (χ3v) is 2.71. The van der Waals surface area contributed by atoms with Crippen LogP contribution in [0.25, 0.3) is 0 Å². The first-order valence-electron chi connectivity index (χ1n) is 6.02. The molecule has 1 saturated heterocycles. The fourth-order valence-electron chi connectivity index (χ4n) is 1.90. The molecule has 2 heterocycles. The predicted molar refractivity (Wildman–Crippen MR) is 68.5 cm³/mol. The number of hydrogen-bond acceptors (Lipinski definition) is 3. The monoisotopic (exact) mass is 248 g/mol. The third-order valence-electron chi connectivity index (χ3n) is 2.71. The second-order valence-corrected chi connectivity index (χ2v) is 4.03. The van der Waals surface area contributed by atoms with Gasteiger partial charge in [0.15, 0.2) is 0 Å². The molecule has 0 spiro atoms. The first-order chi connectivity index (χ1) is 8.70. The second kappa shape index (κ2) is 5.48. The SMILES string of the molecule is CCNC(=O)Nc1cc(N2CCCC2=O)ccn1. The number of amides is 3. The molecule has 6 heteroatoms. The lowest BCUT2D eigenvalue weighted by Gasteiger charge is -2.16. The zero-order valence-corrected chi connectivity index (χ0v) is 10.3.